The van der Waals surface area contributed by atoms with Crippen molar-refractivity contribution < 1.29 is 4.79 Å². The first kappa shape index (κ1) is 10.8. The number of nitrogens with two attached hydrogens (primary N) is 2. The zero-order valence-corrected chi connectivity index (χ0v) is 9.40. The van der Waals surface area contributed by atoms with E-state index in [1.165, 1.54) is 0 Å². The molecule has 2 aromatic rings. The summed E-state index contributed by atoms with van der Waals surface area (Å²) in [6.07, 6.45) is 0. The molecule has 0 spiro atoms. The summed E-state index contributed by atoms with van der Waals surface area (Å²) in [4.78, 5) is 15.3. The molecule has 4 N–H and O–H groups in total. The number of carbonyl (C=O) groups excluding carboxylic acids is 1. The van der Waals surface area contributed by atoms with Crippen LogP contribution < -0.4 is 11.5 Å². The van der Waals surface area contributed by atoms with Crippen LogP contribution in [0, 0.1) is 0 Å². The van der Waals surface area contributed by atoms with Crippen molar-refractivity contribution in [3.05, 3.63) is 23.2 Å². The van der Waals surface area contributed by atoms with Gasteiger partial charge in [0.2, 0.25) is 11.9 Å². The first-order valence-corrected chi connectivity index (χ1v) is 5.11. The van der Waals surface area contributed by atoms with Crippen LogP contribution in [-0.2, 0) is 4.79 Å². The second-order valence-corrected chi connectivity index (χ2v) is 3.93. The summed E-state index contributed by atoms with van der Waals surface area (Å²) in [7, 11) is 0. The second kappa shape index (κ2) is 3.68. The topological polar surface area (TPSA) is 86.9 Å². The number of halogens is 1. The number of rotatable bonds is 2. The monoisotopic (exact) mass is 238 g/mol. The maximum atomic E-state index is 11.2. The Kier molecular flexibility index (Phi) is 2.47. The van der Waals surface area contributed by atoms with E-state index >= 15 is 0 Å². The largest absolute Gasteiger partial charge is 0.369 e. The Labute approximate surface area is 97.0 Å². The van der Waals surface area contributed by atoms with E-state index in [-0.39, 0.29) is 5.95 Å². The first-order valence-electron chi connectivity index (χ1n) is 4.73. The number of nitrogens with zero attached hydrogens (tertiary/aromatic N) is 2. The fourth-order valence-corrected chi connectivity index (χ4v) is 1.90. The highest BCUT2D eigenvalue weighted by molar-refractivity contribution is 6.35. The highest BCUT2D eigenvalue weighted by Gasteiger charge is 2.19. The summed E-state index contributed by atoms with van der Waals surface area (Å²) in [6, 6.07) is 4.69. The number of primary amides is 1. The third-order valence-corrected chi connectivity index (χ3v) is 2.79. The zero-order valence-electron chi connectivity index (χ0n) is 8.64. The molecule has 0 aliphatic rings. The first-order chi connectivity index (χ1) is 7.52. The summed E-state index contributed by atoms with van der Waals surface area (Å²) >= 11 is 6.06. The van der Waals surface area contributed by atoms with E-state index in [1.807, 2.05) is 0 Å². The van der Waals surface area contributed by atoms with Crippen LogP contribution in [0.1, 0.15) is 13.0 Å². The van der Waals surface area contributed by atoms with E-state index in [4.69, 9.17) is 23.1 Å². The van der Waals surface area contributed by atoms with E-state index in [9.17, 15) is 4.79 Å². The Bertz CT molecular complexity index is 563. The van der Waals surface area contributed by atoms with Gasteiger partial charge in [-0.25, -0.2) is 4.98 Å². The molecule has 0 saturated heterocycles. The van der Waals surface area contributed by atoms with Gasteiger partial charge in [0, 0.05) is 0 Å². The van der Waals surface area contributed by atoms with Crippen LogP contribution in [0.25, 0.3) is 11.0 Å². The molecular formula is C10H11ClN4O. The lowest BCUT2D eigenvalue weighted by molar-refractivity contribution is -0.120. The van der Waals surface area contributed by atoms with Gasteiger partial charge in [-0.15, -0.1) is 0 Å². The SMILES string of the molecule is CC(C(N)=O)n1c(N)nc2cccc(Cl)c21. The maximum Gasteiger partial charge on any atom is 0.240 e. The molecule has 0 fully saturated rings. The van der Waals surface area contributed by atoms with Crippen LogP contribution in [0.5, 0.6) is 0 Å². The van der Waals surface area contributed by atoms with Crippen LogP contribution >= 0.6 is 11.6 Å². The molecular weight excluding hydrogens is 228 g/mol. The number of hydrogen-bond donors (Lipinski definition) is 2. The smallest absolute Gasteiger partial charge is 0.240 e. The van der Waals surface area contributed by atoms with Crippen molar-refractivity contribution in [3.63, 3.8) is 0 Å². The minimum Gasteiger partial charge on any atom is -0.369 e. The van der Waals surface area contributed by atoms with E-state index in [0.29, 0.717) is 16.1 Å². The highest BCUT2D eigenvalue weighted by Crippen LogP contribution is 2.28. The van der Waals surface area contributed by atoms with Gasteiger partial charge in [-0.1, -0.05) is 17.7 Å². The quantitative estimate of drug-likeness (QED) is 0.827. The van der Waals surface area contributed by atoms with E-state index in [1.54, 1.807) is 29.7 Å². The summed E-state index contributed by atoms with van der Waals surface area (Å²) in [5.74, 6) is -0.250. The molecule has 6 heteroatoms. The minimum atomic E-state index is -0.579. The third kappa shape index (κ3) is 1.49. The molecule has 1 aromatic carbocycles. The van der Waals surface area contributed by atoms with Gasteiger partial charge < -0.3 is 11.5 Å². The molecule has 2 rings (SSSR count). The number of aromatic nitrogens is 2. The lowest BCUT2D eigenvalue weighted by Crippen LogP contribution is -2.25. The second-order valence-electron chi connectivity index (χ2n) is 3.53. The van der Waals surface area contributed by atoms with Crippen molar-refractivity contribution in [1.82, 2.24) is 9.55 Å². The van der Waals surface area contributed by atoms with Gasteiger partial charge in [0.25, 0.3) is 0 Å². The molecule has 1 amide bonds. The Morgan fingerprint density at radius 2 is 2.25 bits per heavy atom. The fourth-order valence-electron chi connectivity index (χ4n) is 1.64. The number of imidazole rings is 1. The van der Waals surface area contributed by atoms with Crippen molar-refractivity contribution >= 4 is 34.5 Å². The minimum absolute atomic E-state index is 0.231. The van der Waals surface area contributed by atoms with Crippen LogP contribution in [0.4, 0.5) is 5.95 Å². The number of benzene rings is 1. The molecule has 16 heavy (non-hydrogen) atoms. The fraction of sp³-hybridized carbons (Fsp3) is 0.200. The van der Waals surface area contributed by atoms with Gasteiger partial charge in [0.1, 0.15) is 6.04 Å². The van der Waals surface area contributed by atoms with Crippen LogP contribution in [0.3, 0.4) is 0 Å². The number of hydrogen-bond acceptors (Lipinski definition) is 3. The average Bonchev–Trinajstić information content (AvgIpc) is 2.54. The summed E-state index contributed by atoms with van der Waals surface area (Å²) < 4.78 is 1.54. The molecule has 1 atom stereocenters. The molecule has 1 heterocycles. The molecule has 1 unspecified atom stereocenters. The number of fused-ring (bicyclic) bond motifs is 1. The zero-order chi connectivity index (χ0) is 11.9. The van der Waals surface area contributed by atoms with Gasteiger partial charge in [-0.2, -0.15) is 0 Å². The Morgan fingerprint density at radius 1 is 1.56 bits per heavy atom. The van der Waals surface area contributed by atoms with Gasteiger partial charge in [0.05, 0.1) is 16.1 Å². The van der Waals surface area contributed by atoms with Crippen molar-refractivity contribution in [2.45, 2.75) is 13.0 Å². The number of nitrogen functional groups attached to an aromatic ring is 1. The molecule has 5 nitrogen and oxygen atoms in total. The molecule has 0 aliphatic carbocycles. The number of amides is 1. The number of anilines is 1. The van der Waals surface area contributed by atoms with E-state index in [2.05, 4.69) is 4.98 Å². The Hall–Kier alpha value is -1.75. The van der Waals surface area contributed by atoms with E-state index in [0.717, 1.165) is 0 Å². The maximum absolute atomic E-state index is 11.2. The predicted octanol–water partition coefficient (Wildman–Crippen LogP) is 1.32. The van der Waals surface area contributed by atoms with Crippen LogP contribution in [-0.4, -0.2) is 15.5 Å². The van der Waals surface area contributed by atoms with Gasteiger partial charge in [-0.05, 0) is 19.1 Å². The summed E-state index contributed by atoms with van der Waals surface area (Å²) in [5, 5.41) is 0.495. The molecule has 1 aromatic heterocycles. The lowest BCUT2D eigenvalue weighted by atomic mass is 10.2. The average molecular weight is 239 g/mol. The predicted molar refractivity (Wildman–Crippen MR) is 63.1 cm³/mol. The highest BCUT2D eigenvalue weighted by atomic mass is 35.5. The third-order valence-electron chi connectivity index (χ3n) is 2.49. The molecule has 0 bridgehead atoms. The van der Waals surface area contributed by atoms with Gasteiger partial charge in [-0.3, -0.25) is 9.36 Å². The van der Waals surface area contributed by atoms with E-state index < -0.39 is 11.9 Å². The molecule has 84 valence electrons. The van der Waals surface area contributed by atoms with Crippen LogP contribution in [0.15, 0.2) is 18.2 Å². The number of para-hydroxylation sites is 1. The Morgan fingerprint density at radius 3 is 2.88 bits per heavy atom. The van der Waals surface area contributed by atoms with Gasteiger partial charge in [0.15, 0.2) is 0 Å². The lowest BCUT2D eigenvalue weighted by Gasteiger charge is -2.12. The van der Waals surface area contributed by atoms with Gasteiger partial charge >= 0.3 is 0 Å². The van der Waals surface area contributed by atoms with Crippen molar-refractivity contribution in [3.8, 4) is 0 Å². The molecule has 0 saturated carbocycles. The number of carbonyl (C=O) groups is 1. The summed E-state index contributed by atoms with van der Waals surface area (Å²) in [5.41, 5.74) is 12.3. The molecule has 0 radical (unpaired) electrons. The van der Waals surface area contributed by atoms with Crippen molar-refractivity contribution in [2.24, 2.45) is 5.73 Å². The normalized spacial score (nSPS) is 12.9. The van der Waals surface area contributed by atoms with Crippen molar-refractivity contribution in [1.29, 1.82) is 0 Å². The summed E-state index contributed by atoms with van der Waals surface area (Å²) in [6.45, 7) is 1.66. The molecule has 0 aliphatic heterocycles. The van der Waals surface area contributed by atoms with Crippen LogP contribution in [0.2, 0.25) is 5.02 Å². The van der Waals surface area contributed by atoms with Crippen molar-refractivity contribution in [2.75, 3.05) is 5.73 Å². The Balaban J connectivity index is 2.77. The standard InChI is InChI=1S/C10H11ClN4O/c1-5(9(12)16)15-8-6(11)3-2-4-7(8)14-10(15)13/h2-5H,1H3,(H2,12,16)(H2,13,14).